The fourth-order valence-electron chi connectivity index (χ4n) is 2.87. The summed E-state index contributed by atoms with van der Waals surface area (Å²) in [5.74, 6) is 2.29. The highest BCUT2D eigenvalue weighted by atomic mass is 32.2. The number of anilines is 1. The number of aromatic nitrogens is 2. The molecule has 5 nitrogen and oxygen atoms in total. The highest BCUT2D eigenvalue weighted by Crippen LogP contribution is 2.38. The normalized spacial score (nSPS) is 27.2. The zero-order valence-corrected chi connectivity index (χ0v) is 12.6. The summed E-state index contributed by atoms with van der Waals surface area (Å²) in [6.07, 6.45) is 8.93. The van der Waals surface area contributed by atoms with Crippen molar-refractivity contribution in [2.45, 2.75) is 55.7 Å². The second-order valence-corrected chi connectivity index (χ2v) is 8.36. The lowest BCUT2D eigenvalue weighted by Crippen LogP contribution is -2.34. The molecular weight excluding hydrogens is 274 g/mol. The van der Waals surface area contributed by atoms with Crippen molar-refractivity contribution in [3.63, 3.8) is 0 Å². The van der Waals surface area contributed by atoms with E-state index in [1.807, 2.05) is 6.07 Å². The van der Waals surface area contributed by atoms with Crippen LogP contribution in [-0.2, 0) is 9.84 Å². The zero-order valence-electron chi connectivity index (χ0n) is 11.7. The number of rotatable bonds is 4. The molecule has 1 aromatic rings. The zero-order chi connectivity index (χ0) is 14.2. The molecule has 20 heavy (non-hydrogen) atoms. The Hall–Kier alpha value is -1.17. The third kappa shape index (κ3) is 3.29. The summed E-state index contributed by atoms with van der Waals surface area (Å²) >= 11 is 0. The van der Waals surface area contributed by atoms with Gasteiger partial charge in [0, 0.05) is 24.4 Å². The first-order chi connectivity index (χ1) is 9.52. The SMILES string of the molecule is CS(=O)(=O)C1CCCC(Nc2ccnc(C3CC3)n2)C1. The fourth-order valence-corrected chi connectivity index (χ4v) is 4.04. The fraction of sp³-hybridized carbons (Fsp3) is 0.714. The van der Waals surface area contributed by atoms with Crippen LogP contribution in [0.15, 0.2) is 12.3 Å². The van der Waals surface area contributed by atoms with Gasteiger partial charge in [-0.1, -0.05) is 6.42 Å². The first-order valence-corrected chi connectivity index (χ1v) is 9.26. The van der Waals surface area contributed by atoms with E-state index >= 15 is 0 Å². The monoisotopic (exact) mass is 295 g/mol. The molecule has 0 saturated heterocycles. The minimum atomic E-state index is -2.94. The van der Waals surface area contributed by atoms with E-state index in [-0.39, 0.29) is 11.3 Å². The molecule has 2 fully saturated rings. The van der Waals surface area contributed by atoms with Crippen molar-refractivity contribution >= 4 is 15.7 Å². The van der Waals surface area contributed by atoms with Crippen molar-refractivity contribution in [2.75, 3.05) is 11.6 Å². The van der Waals surface area contributed by atoms with Crippen molar-refractivity contribution in [1.29, 1.82) is 0 Å². The molecule has 3 rings (SSSR count). The van der Waals surface area contributed by atoms with Gasteiger partial charge in [0.2, 0.25) is 0 Å². The maximum absolute atomic E-state index is 11.7. The highest BCUT2D eigenvalue weighted by molar-refractivity contribution is 7.91. The lowest BCUT2D eigenvalue weighted by molar-refractivity contribution is 0.452. The van der Waals surface area contributed by atoms with Crippen LogP contribution in [0, 0.1) is 0 Å². The number of hydrogen-bond acceptors (Lipinski definition) is 5. The quantitative estimate of drug-likeness (QED) is 0.921. The van der Waals surface area contributed by atoms with Crippen molar-refractivity contribution in [1.82, 2.24) is 9.97 Å². The van der Waals surface area contributed by atoms with Crippen molar-refractivity contribution in [3.05, 3.63) is 18.1 Å². The molecule has 2 aliphatic carbocycles. The number of nitrogens with zero attached hydrogens (tertiary/aromatic N) is 2. The van der Waals surface area contributed by atoms with Crippen LogP contribution in [-0.4, -0.2) is 35.9 Å². The van der Waals surface area contributed by atoms with Gasteiger partial charge in [0.05, 0.1) is 5.25 Å². The molecule has 0 aromatic carbocycles. The molecule has 1 N–H and O–H groups in total. The van der Waals surface area contributed by atoms with Crippen molar-refractivity contribution < 1.29 is 8.42 Å². The van der Waals surface area contributed by atoms with Crippen LogP contribution >= 0.6 is 0 Å². The Morgan fingerprint density at radius 2 is 2.05 bits per heavy atom. The maximum Gasteiger partial charge on any atom is 0.150 e. The summed E-state index contributed by atoms with van der Waals surface area (Å²) in [6, 6.07) is 2.07. The van der Waals surface area contributed by atoms with E-state index in [1.165, 1.54) is 19.1 Å². The van der Waals surface area contributed by atoms with Gasteiger partial charge < -0.3 is 5.32 Å². The van der Waals surface area contributed by atoms with Crippen LogP contribution in [0.3, 0.4) is 0 Å². The lowest BCUT2D eigenvalue weighted by Gasteiger charge is -2.29. The van der Waals surface area contributed by atoms with E-state index in [1.54, 1.807) is 6.20 Å². The number of sulfone groups is 1. The molecule has 0 radical (unpaired) electrons. The number of hydrogen-bond donors (Lipinski definition) is 1. The van der Waals surface area contributed by atoms with Crippen LogP contribution in [0.5, 0.6) is 0 Å². The Bertz CT molecular complexity index is 584. The van der Waals surface area contributed by atoms with Gasteiger partial charge in [-0.2, -0.15) is 0 Å². The Kier molecular flexibility index (Phi) is 3.67. The lowest BCUT2D eigenvalue weighted by atomic mass is 9.95. The molecule has 1 aromatic heterocycles. The van der Waals surface area contributed by atoms with E-state index in [9.17, 15) is 8.42 Å². The Labute approximate surface area is 120 Å². The van der Waals surface area contributed by atoms with Gasteiger partial charge in [-0.25, -0.2) is 18.4 Å². The Morgan fingerprint density at radius 1 is 1.25 bits per heavy atom. The van der Waals surface area contributed by atoms with Crippen LogP contribution in [0.4, 0.5) is 5.82 Å². The average molecular weight is 295 g/mol. The van der Waals surface area contributed by atoms with Crippen molar-refractivity contribution in [2.24, 2.45) is 0 Å². The third-order valence-corrected chi connectivity index (χ3v) is 5.84. The maximum atomic E-state index is 11.7. The molecule has 2 saturated carbocycles. The highest BCUT2D eigenvalue weighted by Gasteiger charge is 2.30. The summed E-state index contributed by atoms with van der Waals surface area (Å²) < 4.78 is 23.4. The van der Waals surface area contributed by atoms with E-state index in [2.05, 4.69) is 15.3 Å². The minimum Gasteiger partial charge on any atom is -0.367 e. The summed E-state index contributed by atoms with van der Waals surface area (Å²) in [5.41, 5.74) is 0. The first kappa shape index (κ1) is 13.8. The predicted octanol–water partition coefficient (Wildman–Crippen LogP) is 2.12. The largest absolute Gasteiger partial charge is 0.367 e. The molecule has 1 heterocycles. The van der Waals surface area contributed by atoms with E-state index in [0.717, 1.165) is 30.9 Å². The minimum absolute atomic E-state index is 0.199. The molecule has 0 amide bonds. The van der Waals surface area contributed by atoms with Gasteiger partial charge in [0.1, 0.15) is 21.5 Å². The van der Waals surface area contributed by atoms with Gasteiger partial charge in [0.15, 0.2) is 0 Å². The summed E-state index contributed by atoms with van der Waals surface area (Å²) in [6.45, 7) is 0. The van der Waals surface area contributed by atoms with Gasteiger partial charge in [-0.15, -0.1) is 0 Å². The molecule has 6 heteroatoms. The van der Waals surface area contributed by atoms with Crippen LogP contribution in [0.1, 0.15) is 50.3 Å². The molecule has 0 aliphatic heterocycles. The molecule has 110 valence electrons. The molecule has 2 unspecified atom stereocenters. The van der Waals surface area contributed by atoms with E-state index in [4.69, 9.17) is 0 Å². The van der Waals surface area contributed by atoms with E-state index < -0.39 is 9.84 Å². The van der Waals surface area contributed by atoms with Gasteiger partial charge in [-0.3, -0.25) is 0 Å². The molecule has 0 bridgehead atoms. The second-order valence-electron chi connectivity index (χ2n) is 6.03. The molecule has 2 atom stereocenters. The standard InChI is InChI=1S/C14H21N3O2S/c1-20(18,19)12-4-2-3-11(9-12)16-13-7-8-15-14(17-13)10-5-6-10/h7-8,10-12H,2-6,9H2,1H3,(H,15,16,17). The van der Waals surface area contributed by atoms with Crippen LogP contribution in [0.25, 0.3) is 0 Å². The van der Waals surface area contributed by atoms with Crippen LogP contribution < -0.4 is 5.32 Å². The topological polar surface area (TPSA) is 72.0 Å². The average Bonchev–Trinajstić information content (AvgIpc) is 3.23. The van der Waals surface area contributed by atoms with Gasteiger partial charge in [-0.05, 0) is 38.2 Å². The first-order valence-electron chi connectivity index (χ1n) is 7.31. The van der Waals surface area contributed by atoms with E-state index in [0.29, 0.717) is 12.3 Å². The third-order valence-electron chi connectivity index (χ3n) is 4.20. The van der Waals surface area contributed by atoms with Crippen LogP contribution in [0.2, 0.25) is 0 Å². The number of nitrogens with one attached hydrogen (secondary N) is 1. The smallest absolute Gasteiger partial charge is 0.150 e. The molecular formula is C14H21N3O2S. The predicted molar refractivity (Wildman–Crippen MR) is 78.5 cm³/mol. The molecule has 0 spiro atoms. The Morgan fingerprint density at radius 3 is 2.75 bits per heavy atom. The van der Waals surface area contributed by atoms with Gasteiger partial charge in [0.25, 0.3) is 0 Å². The summed E-state index contributed by atoms with van der Waals surface area (Å²) in [5, 5.41) is 3.18. The Balaban J connectivity index is 1.66. The molecule has 2 aliphatic rings. The van der Waals surface area contributed by atoms with Crippen molar-refractivity contribution in [3.8, 4) is 0 Å². The summed E-state index contributed by atoms with van der Waals surface area (Å²) in [7, 11) is -2.94. The summed E-state index contributed by atoms with van der Waals surface area (Å²) in [4.78, 5) is 8.85. The van der Waals surface area contributed by atoms with Gasteiger partial charge >= 0.3 is 0 Å². The second kappa shape index (κ2) is 5.31.